The van der Waals surface area contributed by atoms with Crippen molar-refractivity contribution in [3.8, 4) is 0 Å². The van der Waals surface area contributed by atoms with E-state index in [1.54, 1.807) is 0 Å². The number of aliphatic hydroxyl groups is 1. The van der Waals surface area contributed by atoms with Crippen molar-refractivity contribution in [3.63, 3.8) is 0 Å². The van der Waals surface area contributed by atoms with E-state index >= 15 is 0 Å². The maximum Gasteiger partial charge on any atom is 0.0494 e. The van der Waals surface area contributed by atoms with Gasteiger partial charge in [-0.1, -0.05) is 42.0 Å². The summed E-state index contributed by atoms with van der Waals surface area (Å²) < 4.78 is 0. The molecule has 0 saturated heterocycles. The minimum atomic E-state index is 0.237. The maximum absolute atomic E-state index is 9.01. The summed E-state index contributed by atoms with van der Waals surface area (Å²) in [7, 11) is 0. The van der Waals surface area contributed by atoms with Crippen LogP contribution < -0.4 is 5.32 Å². The van der Waals surface area contributed by atoms with Gasteiger partial charge in [0, 0.05) is 30.1 Å². The molecule has 0 bridgehead atoms. The van der Waals surface area contributed by atoms with E-state index in [9.17, 15) is 0 Å². The predicted molar refractivity (Wildman–Crippen MR) is 66.4 cm³/mol. The van der Waals surface area contributed by atoms with Crippen LogP contribution in [-0.2, 0) is 6.54 Å². The van der Waals surface area contributed by atoms with E-state index in [4.69, 9.17) is 16.7 Å². The molecule has 1 aromatic carbocycles. The van der Waals surface area contributed by atoms with Crippen LogP contribution in [-0.4, -0.2) is 17.8 Å². The summed E-state index contributed by atoms with van der Waals surface area (Å²) in [6, 6.07) is 8.21. The molecule has 0 amide bonds. The molecular weight excluding hydrogens is 222 g/mol. The van der Waals surface area contributed by atoms with E-state index in [-0.39, 0.29) is 6.61 Å². The van der Waals surface area contributed by atoms with Crippen LogP contribution in [0.3, 0.4) is 0 Å². The van der Waals surface area contributed by atoms with Gasteiger partial charge in [-0.25, -0.2) is 0 Å². The molecule has 1 aliphatic carbocycles. The second kappa shape index (κ2) is 5.48. The van der Waals surface area contributed by atoms with Crippen molar-refractivity contribution in [2.45, 2.75) is 19.0 Å². The first-order chi connectivity index (χ1) is 7.79. The van der Waals surface area contributed by atoms with Crippen LogP contribution >= 0.6 is 11.6 Å². The lowest BCUT2D eigenvalue weighted by molar-refractivity contribution is 0.246. The third-order valence-electron chi connectivity index (χ3n) is 2.92. The van der Waals surface area contributed by atoms with Gasteiger partial charge in [-0.3, -0.25) is 0 Å². The number of halogens is 1. The quantitative estimate of drug-likeness (QED) is 0.788. The molecule has 1 aromatic rings. The molecule has 0 unspecified atom stereocenters. The molecule has 0 radical (unpaired) electrons. The minimum absolute atomic E-state index is 0.237. The van der Waals surface area contributed by atoms with Gasteiger partial charge in [-0.05, 0) is 18.1 Å². The molecule has 0 aromatic heterocycles. The number of benzene rings is 1. The molecule has 2 atom stereocenters. The predicted octanol–water partition coefficient (Wildman–Crippen LogP) is 2.37. The standard InChI is InChI=1S/C13H16ClNO/c14-13-4-2-1-3-11(13)8-15-12-6-5-10(7-12)9-16/h1-6,10,12,15-16H,7-9H2/t10-,12+/m0/s1. The minimum Gasteiger partial charge on any atom is -0.396 e. The van der Waals surface area contributed by atoms with Gasteiger partial charge in [0.15, 0.2) is 0 Å². The van der Waals surface area contributed by atoms with E-state index < -0.39 is 0 Å². The molecule has 2 N–H and O–H groups in total. The first-order valence-electron chi connectivity index (χ1n) is 5.55. The highest BCUT2D eigenvalue weighted by Gasteiger charge is 2.17. The summed E-state index contributed by atoms with van der Waals surface area (Å²) >= 11 is 6.07. The highest BCUT2D eigenvalue weighted by atomic mass is 35.5. The van der Waals surface area contributed by atoms with Crippen molar-refractivity contribution in [2.75, 3.05) is 6.61 Å². The Kier molecular flexibility index (Phi) is 3.99. The van der Waals surface area contributed by atoms with E-state index in [1.165, 1.54) is 0 Å². The number of aliphatic hydroxyl groups excluding tert-OH is 1. The van der Waals surface area contributed by atoms with E-state index in [0.29, 0.717) is 12.0 Å². The average Bonchev–Trinajstić information content (AvgIpc) is 2.76. The molecule has 0 spiro atoms. The summed E-state index contributed by atoms with van der Waals surface area (Å²) in [6.45, 7) is 1.01. The zero-order chi connectivity index (χ0) is 11.4. The molecule has 0 aliphatic heterocycles. The fraction of sp³-hybridized carbons (Fsp3) is 0.385. The van der Waals surface area contributed by atoms with Gasteiger partial charge in [0.05, 0.1) is 0 Å². The Morgan fingerprint density at radius 2 is 2.12 bits per heavy atom. The lowest BCUT2D eigenvalue weighted by Crippen LogP contribution is -2.26. The second-order valence-corrected chi connectivity index (χ2v) is 4.55. The zero-order valence-electron chi connectivity index (χ0n) is 9.07. The van der Waals surface area contributed by atoms with Crippen molar-refractivity contribution in [1.29, 1.82) is 0 Å². The fourth-order valence-electron chi connectivity index (χ4n) is 1.94. The maximum atomic E-state index is 9.01. The van der Waals surface area contributed by atoms with Crippen LogP contribution in [0.2, 0.25) is 5.02 Å². The fourth-order valence-corrected chi connectivity index (χ4v) is 2.15. The monoisotopic (exact) mass is 237 g/mol. The molecular formula is C13H16ClNO. The van der Waals surface area contributed by atoms with Gasteiger partial charge in [0.2, 0.25) is 0 Å². The number of hydrogen-bond acceptors (Lipinski definition) is 2. The lowest BCUT2D eigenvalue weighted by atomic mass is 10.1. The Bertz CT molecular complexity index is 378. The first-order valence-corrected chi connectivity index (χ1v) is 5.93. The van der Waals surface area contributed by atoms with Crippen LogP contribution in [0.25, 0.3) is 0 Å². The number of hydrogen-bond donors (Lipinski definition) is 2. The van der Waals surface area contributed by atoms with E-state index in [0.717, 1.165) is 23.6 Å². The van der Waals surface area contributed by atoms with Gasteiger partial charge < -0.3 is 10.4 Å². The third-order valence-corrected chi connectivity index (χ3v) is 3.29. The van der Waals surface area contributed by atoms with Gasteiger partial charge in [-0.15, -0.1) is 0 Å². The van der Waals surface area contributed by atoms with Crippen molar-refractivity contribution in [2.24, 2.45) is 5.92 Å². The SMILES string of the molecule is OC[C@H]1C=C[C@@H](NCc2ccccc2Cl)C1. The highest BCUT2D eigenvalue weighted by molar-refractivity contribution is 6.31. The lowest BCUT2D eigenvalue weighted by Gasteiger charge is -2.13. The third kappa shape index (κ3) is 2.85. The van der Waals surface area contributed by atoms with Gasteiger partial charge in [0.25, 0.3) is 0 Å². The molecule has 0 saturated carbocycles. The number of rotatable bonds is 4. The van der Waals surface area contributed by atoms with Gasteiger partial charge >= 0.3 is 0 Å². The van der Waals surface area contributed by atoms with E-state index in [2.05, 4.69) is 17.5 Å². The summed E-state index contributed by atoms with van der Waals surface area (Å²) in [5, 5.41) is 13.2. The summed E-state index contributed by atoms with van der Waals surface area (Å²) in [4.78, 5) is 0. The highest BCUT2D eigenvalue weighted by Crippen LogP contribution is 2.19. The number of nitrogens with one attached hydrogen (secondary N) is 1. The van der Waals surface area contributed by atoms with Gasteiger partial charge in [0.1, 0.15) is 0 Å². The van der Waals surface area contributed by atoms with Crippen LogP contribution in [0.15, 0.2) is 36.4 Å². The summed E-state index contributed by atoms with van der Waals surface area (Å²) in [5.74, 6) is 0.309. The summed E-state index contributed by atoms with van der Waals surface area (Å²) in [5.41, 5.74) is 1.12. The largest absolute Gasteiger partial charge is 0.396 e. The topological polar surface area (TPSA) is 32.3 Å². The Hall–Kier alpha value is -0.830. The van der Waals surface area contributed by atoms with Crippen LogP contribution in [0.5, 0.6) is 0 Å². The van der Waals surface area contributed by atoms with Crippen molar-refractivity contribution in [1.82, 2.24) is 5.32 Å². The Balaban J connectivity index is 1.85. The van der Waals surface area contributed by atoms with Crippen LogP contribution in [0, 0.1) is 5.92 Å². The van der Waals surface area contributed by atoms with Crippen molar-refractivity contribution < 1.29 is 5.11 Å². The smallest absolute Gasteiger partial charge is 0.0494 e. The van der Waals surface area contributed by atoms with Crippen molar-refractivity contribution >= 4 is 11.6 Å². The molecule has 0 heterocycles. The Morgan fingerprint density at radius 1 is 1.31 bits per heavy atom. The van der Waals surface area contributed by atoms with E-state index in [1.807, 2.05) is 24.3 Å². The zero-order valence-corrected chi connectivity index (χ0v) is 9.82. The molecule has 86 valence electrons. The second-order valence-electron chi connectivity index (χ2n) is 4.14. The van der Waals surface area contributed by atoms with Crippen LogP contribution in [0.4, 0.5) is 0 Å². The molecule has 1 aliphatic rings. The Labute approximate surface area is 101 Å². The average molecular weight is 238 g/mol. The van der Waals surface area contributed by atoms with Crippen molar-refractivity contribution in [3.05, 3.63) is 47.0 Å². The molecule has 3 heteroatoms. The molecule has 0 fully saturated rings. The Morgan fingerprint density at radius 3 is 2.81 bits per heavy atom. The molecule has 2 rings (SSSR count). The van der Waals surface area contributed by atoms with Gasteiger partial charge in [-0.2, -0.15) is 0 Å². The molecule has 2 nitrogen and oxygen atoms in total. The first kappa shape index (κ1) is 11.6. The summed E-state index contributed by atoms with van der Waals surface area (Å²) in [6.07, 6.45) is 5.17. The normalized spacial score (nSPS) is 23.9. The molecule has 16 heavy (non-hydrogen) atoms. The van der Waals surface area contributed by atoms with Crippen LogP contribution in [0.1, 0.15) is 12.0 Å².